The van der Waals surface area contributed by atoms with Gasteiger partial charge in [-0.2, -0.15) is 0 Å². The van der Waals surface area contributed by atoms with Crippen LogP contribution in [0.1, 0.15) is 28.0 Å². The van der Waals surface area contributed by atoms with Gasteiger partial charge in [-0.05, 0) is 37.5 Å². The van der Waals surface area contributed by atoms with Crippen molar-refractivity contribution in [2.24, 2.45) is 0 Å². The first-order valence-corrected chi connectivity index (χ1v) is 9.75. The van der Waals surface area contributed by atoms with Crippen molar-refractivity contribution in [3.05, 3.63) is 47.4 Å². The van der Waals surface area contributed by atoms with Gasteiger partial charge in [-0.1, -0.05) is 12.1 Å². The SMILES string of the molecule is COCCCNc1cnc(C(=O)N2CCN(c3cccc(C)c3C)CC2)cn1. The fourth-order valence-corrected chi connectivity index (χ4v) is 3.35. The molecular weight excluding hydrogens is 354 g/mol. The molecule has 0 unspecified atom stereocenters. The highest BCUT2D eigenvalue weighted by Gasteiger charge is 2.24. The summed E-state index contributed by atoms with van der Waals surface area (Å²) in [5, 5.41) is 3.17. The number of carbonyl (C=O) groups excluding carboxylic acids is 1. The number of benzene rings is 1. The summed E-state index contributed by atoms with van der Waals surface area (Å²) in [6.45, 7) is 8.76. The highest BCUT2D eigenvalue weighted by molar-refractivity contribution is 5.92. The Morgan fingerprint density at radius 3 is 2.61 bits per heavy atom. The summed E-state index contributed by atoms with van der Waals surface area (Å²) in [5.74, 6) is 0.617. The molecule has 1 fully saturated rings. The number of hydrogen-bond acceptors (Lipinski definition) is 6. The van der Waals surface area contributed by atoms with E-state index >= 15 is 0 Å². The van der Waals surface area contributed by atoms with Crippen LogP contribution < -0.4 is 10.2 Å². The lowest BCUT2D eigenvalue weighted by Crippen LogP contribution is -2.49. The van der Waals surface area contributed by atoms with Crippen molar-refractivity contribution in [1.29, 1.82) is 0 Å². The van der Waals surface area contributed by atoms with Crippen molar-refractivity contribution in [1.82, 2.24) is 14.9 Å². The number of hydrogen-bond donors (Lipinski definition) is 1. The van der Waals surface area contributed by atoms with Gasteiger partial charge in [-0.15, -0.1) is 0 Å². The molecule has 1 amide bonds. The second-order valence-corrected chi connectivity index (χ2v) is 7.06. The fraction of sp³-hybridized carbons (Fsp3) is 0.476. The Kier molecular flexibility index (Phi) is 6.81. The van der Waals surface area contributed by atoms with Crippen molar-refractivity contribution in [2.45, 2.75) is 20.3 Å². The lowest BCUT2D eigenvalue weighted by molar-refractivity contribution is 0.0740. The molecule has 1 aromatic carbocycles. The van der Waals surface area contributed by atoms with Gasteiger partial charge in [0, 0.05) is 52.1 Å². The molecular formula is C21H29N5O2. The second-order valence-electron chi connectivity index (χ2n) is 7.06. The summed E-state index contributed by atoms with van der Waals surface area (Å²) in [6, 6.07) is 6.38. The molecule has 0 atom stereocenters. The van der Waals surface area contributed by atoms with E-state index in [0.29, 0.717) is 31.2 Å². The Morgan fingerprint density at radius 2 is 1.93 bits per heavy atom. The van der Waals surface area contributed by atoms with Gasteiger partial charge in [0.2, 0.25) is 0 Å². The van der Waals surface area contributed by atoms with Gasteiger partial charge in [0.1, 0.15) is 11.5 Å². The zero-order valence-corrected chi connectivity index (χ0v) is 16.9. The number of rotatable bonds is 7. The predicted molar refractivity (Wildman–Crippen MR) is 111 cm³/mol. The highest BCUT2D eigenvalue weighted by Crippen LogP contribution is 2.24. The van der Waals surface area contributed by atoms with Crippen LogP contribution in [0.3, 0.4) is 0 Å². The molecule has 1 aromatic heterocycles. The van der Waals surface area contributed by atoms with Crippen LogP contribution in [-0.2, 0) is 4.74 Å². The minimum atomic E-state index is -0.0564. The Hall–Kier alpha value is -2.67. The van der Waals surface area contributed by atoms with Gasteiger partial charge < -0.3 is 19.9 Å². The van der Waals surface area contributed by atoms with Gasteiger partial charge in [-0.3, -0.25) is 4.79 Å². The Labute approximate surface area is 166 Å². The molecule has 2 aromatic rings. The molecule has 0 bridgehead atoms. The zero-order valence-electron chi connectivity index (χ0n) is 16.9. The van der Waals surface area contributed by atoms with Crippen LogP contribution in [0.25, 0.3) is 0 Å². The lowest BCUT2D eigenvalue weighted by atomic mass is 10.1. The summed E-state index contributed by atoms with van der Waals surface area (Å²) in [7, 11) is 1.68. The minimum Gasteiger partial charge on any atom is -0.385 e. The van der Waals surface area contributed by atoms with Crippen molar-refractivity contribution < 1.29 is 9.53 Å². The molecule has 7 heteroatoms. The molecule has 0 spiro atoms. The lowest BCUT2D eigenvalue weighted by Gasteiger charge is -2.36. The molecule has 1 aliphatic rings. The third-order valence-electron chi connectivity index (χ3n) is 5.19. The van der Waals surface area contributed by atoms with E-state index in [2.05, 4.69) is 52.2 Å². The normalized spacial score (nSPS) is 14.2. The quantitative estimate of drug-likeness (QED) is 0.741. The average molecular weight is 383 g/mol. The van der Waals surface area contributed by atoms with Gasteiger partial charge in [0.25, 0.3) is 5.91 Å². The van der Waals surface area contributed by atoms with Crippen LogP contribution in [0.5, 0.6) is 0 Å². The molecule has 3 rings (SSSR count). The monoisotopic (exact) mass is 383 g/mol. The molecule has 0 radical (unpaired) electrons. The van der Waals surface area contributed by atoms with E-state index in [1.165, 1.54) is 16.8 Å². The number of aromatic nitrogens is 2. The first-order chi connectivity index (χ1) is 13.6. The number of carbonyl (C=O) groups is 1. The third kappa shape index (κ3) is 4.78. The summed E-state index contributed by atoms with van der Waals surface area (Å²) in [6.07, 6.45) is 4.06. The van der Waals surface area contributed by atoms with Gasteiger partial charge in [-0.25, -0.2) is 9.97 Å². The smallest absolute Gasteiger partial charge is 0.274 e. The largest absolute Gasteiger partial charge is 0.385 e. The fourth-order valence-electron chi connectivity index (χ4n) is 3.35. The van der Waals surface area contributed by atoms with Crippen molar-refractivity contribution in [3.8, 4) is 0 Å². The first kappa shape index (κ1) is 20.1. The topological polar surface area (TPSA) is 70.6 Å². The molecule has 7 nitrogen and oxygen atoms in total. The van der Waals surface area contributed by atoms with E-state index in [9.17, 15) is 4.79 Å². The molecule has 0 aliphatic carbocycles. The number of nitrogens with one attached hydrogen (secondary N) is 1. The maximum absolute atomic E-state index is 12.7. The number of methoxy groups -OCH3 is 1. The van der Waals surface area contributed by atoms with Crippen LogP contribution in [0.2, 0.25) is 0 Å². The second kappa shape index (κ2) is 9.50. The van der Waals surface area contributed by atoms with Crippen molar-refractivity contribution in [2.75, 3.05) is 56.7 Å². The molecule has 2 heterocycles. The highest BCUT2D eigenvalue weighted by atomic mass is 16.5. The zero-order chi connectivity index (χ0) is 19.9. The van der Waals surface area contributed by atoms with Crippen molar-refractivity contribution >= 4 is 17.4 Å². The van der Waals surface area contributed by atoms with E-state index in [1.807, 2.05) is 4.90 Å². The molecule has 0 saturated carbocycles. The average Bonchev–Trinajstić information content (AvgIpc) is 2.73. The van der Waals surface area contributed by atoms with E-state index in [4.69, 9.17) is 4.74 Å². The number of aryl methyl sites for hydroxylation is 1. The van der Waals surface area contributed by atoms with E-state index < -0.39 is 0 Å². The van der Waals surface area contributed by atoms with Crippen LogP contribution in [0.15, 0.2) is 30.6 Å². The van der Waals surface area contributed by atoms with Gasteiger partial charge in [0.05, 0.1) is 12.4 Å². The molecule has 28 heavy (non-hydrogen) atoms. The van der Waals surface area contributed by atoms with Crippen LogP contribution in [-0.4, -0.2) is 67.2 Å². The summed E-state index contributed by atoms with van der Waals surface area (Å²) in [5.41, 5.74) is 4.25. The number of amides is 1. The van der Waals surface area contributed by atoms with Gasteiger partial charge in [0.15, 0.2) is 0 Å². The van der Waals surface area contributed by atoms with Crippen LogP contribution >= 0.6 is 0 Å². The maximum atomic E-state index is 12.7. The first-order valence-electron chi connectivity index (χ1n) is 9.75. The Bertz CT molecular complexity index is 786. The molecule has 1 aliphatic heterocycles. The molecule has 150 valence electrons. The van der Waals surface area contributed by atoms with E-state index in [1.54, 1.807) is 19.5 Å². The van der Waals surface area contributed by atoms with Crippen LogP contribution in [0, 0.1) is 13.8 Å². The summed E-state index contributed by atoms with van der Waals surface area (Å²) >= 11 is 0. The maximum Gasteiger partial charge on any atom is 0.274 e. The van der Waals surface area contributed by atoms with E-state index in [-0.39, 0.29) is 5.91 Å². The standard InChI is InChI=1S/C21H29N5O2/c1-16-6-4-7-19(17(16)2)25-9-11-26(12-10-25)21(27)18-14-24-20(15-23-18)22-8-5-13-28-3/h4,6-7,14-15H,5,8-13H2,1-3H3,(H,22,24). The molecule has 1 saturated heterocycles. The minimum absolute atomic E-state index is 0.0564. The number of piperazine rings is 1. The predicted octanol–water partition coefficient (Wildman–Crippen LogP) is 2.50. The number of ether oxygens (including phenoxy) is 1. The van der Waals surface area contributed by atoms with Gasteiger partial charge >= 0.3 is 0 Å². The summed E-state index contributed by atoms with van der Waals surface area (Å²) in [4.78, 5) is 25.6. The molecule has 1 N–H and O–H groups in total. The Balaban J connectivity index is 1.54. The summed E-state index contributed by atoms with van der Waals surface area (Å²) < 4.78 is 5.02. The number of nitrogens with zero attached hydrogens (tertiary/aromatic N) is 4. The third-order valence-corrected chi connectivity index (χ3v) is 5.19. The van der Waals surface area contributed by atoms with Crippen molar-refractivity contribution in [3.63, 3.8) is 0 Å². The number of anilines is 2. The van der Waals surface area contributed by atoms with E-state index in [0.717, 1.165) is 26.1 Å². The van der Waals surface area contributed by atoms with Crippen LogP contribution in [0.4, 0.5) is 11.5 Å². The Morgan fingerprint density at radius 1 is 1.14 bits per heavy atom.